The van der Waals surface area contributed by atoms with Crippen molar-refractivity contribution in [2.75, 3.05) is 19.7 Å². The molecule has 1 heterocycles. The fourth-order valence-electron chi connectivity index (χ4n) is 3.02. The minimum atomic E-state index is -0.983. The number of rotatable bonds is 5. The molecule has 2 fully saturated rings. The van der Waals surface area contributed by atoms with Gasteiger partial charge in [-0.3, -0.25) is 4.79 Å². The van der Waals surface area contributed by atoms with Crippen molar-refractivity contribution >= 4 is 11.9 Å². The maximum absolute atomic E-state index is 12.0. The molecule has 5 nitrogen and oxygen atoms in total. The van der Waals surface area contributed by atoms with Gasteiger partial charge in [-0.25, -0.2) is 4.79 Å². The van der Waals surface area contributed by atoms with Gasteiger partial charge in [0.1, 0.15) is 0 Å². The Kier molecular flexibility index (Phi) is 5.19. The molecule has 1 saturated heterocycles. The first-order valence-corrected chi connectivity index (χ1v) is 7.29. The predicted octanol–water partition coefficient (Wildman–Crippen LogP) is 1.66. The van der Waals surface area contributed by atoms with Crippen LogP contribution in [0, 0.1) is 5.92 Å². The highest BCUT2D eigenvalue weighted by molar-refractivity contribution is 5.78. The highest BCUT2D eigenvalue weighted by Gasteiger charge is 2.28. The lowest BCUT2D eigenvalue weighted by atomic mass is 10.0. The summed E-state index contributed by atoms with van der Waals surface area (Å²) in [5, 5.41) is 8.89. The summed E-state index contributed by atoms with van der Waals surface area (Å²) in [4.78, 5) is 24.5. The van der Waals surface area contributed by atoms with Crippen LogP contribution in [-0.2, 0) is 14.3 Å². The number of carboxylic acid groups (broad SMARTS) is 1. The van der Waals surface area contributed by atoms with Gasteiger partial charge in [0.05, 0.1) is 13.2 Å². The number of hydrogen-bond acceptors (Lipinski definition) is 3. The van der Waals surface area contributed by atoms with Crippen molar-refractivity contribution in [1.82, 2.24) is 4.90 Å². The Hall–Kier alpha value is -1.10. The average Bonchev–Trinajstić information content (AvgIpc) is 2.92. The van der Waals surface area contributed by atoms with Gasteiger partial charge >= 0.3 is 5.97 Å². The molecule has 2 aliphatic rings. The number of amides is 1. The smallest absolute Gasteiger partial charge is 0.334 e. The van der Waals surface area contributed by atoms with Gasteiger partial charge in [-0.1, -0.05) is 25.7 Å². The normalized spacial score (nSPS) is 24.6. The van der Waals surface area contributed by atoms with Gasteiger partial charge < -0.3 is 14.7 Å². The molecule has 1 aliphatic heterocycles. The molecule has 0 bridgehead atoms. The summed E-state index contributed by atoms with van der Waals surface area (Å²) in [5.41, 5.74) is 0. The second-order valence-electron chi connectivity index (χ2n) is 5.58. The third kappa shape index (κ3) is 4.20. The van der Waals surface area contributed by atoms with Crippen molar-refractivity contribution in [2.45, 2.75) is 51.0 Å². The highest BCUT2D eigenvalue weighted by Crippen LogP contribution is 2.29. The Balaban J connectivity index is 1.68. The van der Waals surface area contributed by atoms with Crippen molar-refractivity contribution in [3.63, 3.8) is 0 Å². The second kappa shape index (κ2) is 6.89. The molecule has 0 aromatic heterocycles. The largest absolute Gasteiger partial charge is 0.479 e. The standard InChI is InChI=1S/C14H23NO4/c16-13(7-3-6-11-4-1-2-5-11)15-8-9-19-12(10-15)14(17)18/h11-12H,1-10H2,(H,17,18)/t12-/m0/s1. The zero-order valence-electron chi connectivity index (χ0n) is 11.3. The van der Waals surface area contributed by atoms with Crippen LogP contribution < -0.4 is 0 Å². The maximum atomic E-state index is 12.0. The zero-order valence-corrected chi connectivity index (χ0v) is 11.3. The molecule has 1 N–H and O–H groups in total. The van der Waals surface area contributed by atoms with E-state index in [1.54, 1.807) is 4.90 Å². The van der Waals surface area contributed by atoms with Crippen LogP contribution in [0.25, 0.3) is 0 Å². The van der Waals surface area contributed by atoms with E-state index in [9.17, 15) is 9.59 Å². The molecule has 5 heteroatoms. The Morgan fingerprint density at radius 1 is 1.26 bits per heavy atom. The van der Waals surface area contributed by atoms with Crippen molar-refractivity contribution in [2.24, 2.45) is 5.92 Å². The summed E-state index contributed by atoms with van der Waals surface area (Å²) in [6.45, 7) is 1.04. The summed E-state index contributed by atoms with van der Waals surface area (Å²) in [6, 6.07) is 0. The number of aliphatic carboxylic acids is 1. The molecule has 2 rings (SSSR count). The van der Waals surface area contributed by atoms with E-state index in [1.807, 2.05) is 0 Å². The molecule has 108 valence electrons. The van der Waals surface area contributed by atoms with E-state index < -0.39 is 12.1 Å². The van der Waals surface area contributed by atoms with Gasteiger partial charge in [0, 0.05) is 13.0 Å². The third-order valence-electron chi connectivity index (χ3n) is 4.17. The van der Waals surface area contributed by atoms with Crippen LogP contribution in [0.1, 0.15) is 44.9 Å². The molecule has 0 spiro atoms. The summed E-state index contributed by atoms with van der Waals surface area (Å²) >= 11 is 0. The molecule has 0 aromatic carbocycles. The first-order chi connectivity index (χ1) is 9.16. The molecule has 19 heavy (non-hydrogen) atoms. The lowest BCUT2D eigenvalue weighted by Gasteiger charge is -2.31. The Morgan fingerprint density at radius 3 is 2.68 bits per heavy atom. The van der Waals surface area contributed by atoms with Crippen LogP contribution in [0.4, 0.5) is 0 Å². The first kappa shape index (κ1) is 14.3. The fraction of sp³-hybridized carbons (Fsp3) is 0.857. The van der Waals surface area contributed by atoms with Gasteiger partial charge in [0.2, 0.25) is 5.91 Å². The number of morpholine rings is 1. The molecule has 1 amide bonds. The van der Waals surface area contributed by atoms with Gasteiger partial charge in [0.15, 0.2) is 6.10 Å². The Bertz CT molecular complexity index is 325. The van der Waals surface area contributed by atoms with E-state index in [0.29, 0.717) is 19.6 Å². The van der Waals surface area contributed by atoms with Crippen LogP contribution in [0.5, 0.6) is 0 Å². The van der Waals surface area contributed by atoms with Crippen LogP contribution in [0.15, 0.2) is 0 Å². The number of carbonyl (C=O) groups is 2. The van der Waals surface area contributed by atoms with Crippen LogP contribution in [0.3, 0.4) is 0 Å². The predicted molar refractivity (Wildman–Crippen MR) is 69.8 cm³/mol. The quantitative estimate of drug-likeness (QED) is 0.824. The molecular weight excluding hydrogens is 246 g/mol. The molecule has 1 saturated carbocycles. The third-order valence-corrected chi connectivity index (χ3v) is 4.17. The number of nitrogens with zero attached hydrogens (tertiary/aromatic N) is 1. The summed E-state index contributed by atoms with van der Waals surface area (Å²) in [7, 11) is 0. The molecule has 1 atom stereocenters. The summed E-state index contributed by atoms with van der Waals surface area (Å²) in [6.07, 6.45) is 7.05. The van der Waals surface area contributed by atoms with E-state index in [4.69, 9.17) is 9.84 Å². The molecular formula is C14H23NO4. The van der Waals surface area contributed by atoms with Crippen LogP contribution >= 0.6 is 0 Å². The fourth-order valence-corrected chi connectivity index (χ4v) is 3.02. The molecule has 0 unspecified atom stereocenters. The Labute approximate surface area is 113 Å². The highest BCUT2D eigenvalue weighted by atomic mass is 16.5. The number of carbonyl (C=O) groups excluding carboxylic acids is 1. The summed E-state index contributed by atoms with van der Waals surface area (Å²) in [5.74, 6) is -0.0970. The molecule has 0 radical (unpaired) electrons. The Morgan fingerprint density at radius 2 is 2.00 bits per heavy atom. The van der Waals surface area contributed by atoms with Crippen molar-refractivity contribution in [3.05, 3.63) is 0 Å². The number of ether oxygens (including phenoxy) is 1. The van der Waals surface area contributed by atoms with E-state index >= 15 is 0 Å². The maximum Gasteiger partial charge on any atom is 0.334 e. The van der Waals surface area contributed by atoms with Gasteiger partial charge in [-0.05, 0) is 18.8 Å². The zero-order chi connectivity index (χ0) is 13.7. The first-order valence-electron chi connectivity index (χ1n) is 7.29. The summed E-state index contributed by atoms with van der Waals surface area (Å²) < 4.78 is 5.11. The average molecular weight is 269 g/mol. The minimum Gasteiger partial charge on any atom is -0.479 e. The van der Waals surface area contributed by atoms with Gasteiger partial charge in [-0.2, -0.15) is 0 Å². The van der Waals surface area contributed by atoms with Gasteiger partial charge in [-0.15, -0.1) is 0 Å². The van der Waals surface area contributed by atoms with Crippen molar-refractivity contribution < 1.29 is 19.4 Å². The number of carboxylic acids is 1. The topological polar surface area (TPSA) is 66.8 Å². The number of hydrogen-bond donors (Lipinski definition) is 1. The van der Waals surface area contributed by atoms with E-state index in [1.165, 1.54) is 25.7 Å². The molecule has 0 aromatic rings. The molecule has 1 aliphatic carbocycles. The van der Waals surface area contributed by atoms with Crippen molar-refractivity contribution in [1.29, 1.82) is 0 Å². The second-order valence-corrected chi connectivity index (χ2v) is 5.58. The monoisotopic (exact) mass is 269 g/mol. The van der Waals surface area contributed by atoms with E-state index in [2.05, 4.69) is 0 Å². The van der Waals surface area contributed by atoms with Crippen LogP contribution in [0.2, 0.25) is 0 Å². The lowest BCUT2D eigenvalue weighted by Crippen LogP contribution is -2.48. The van der Waals surface area contributed by atoms with Crippen LogP contribution in [-0.4, -0.2) is 47.7 Å². The van der Waals surface area contributed by atoms with Gasteiger partial charge in [0.25, 0.3) is 0 Å². The SMILES string of the molecule is O=C(O)[C@@H]1CN(C(=O)CCCC2CCCC2)CCO1. The van der Waals surface area contributed by atoms with E-state index in [0.717, 1.165) is 18.8 Å². The minimum absolute atomic E-state index is 0.0764. The van der Waals surface area contributed by atoms with E-state index in [-0.39, 0.29) is 12.5 Å². The lowest BCUT2D eigenvalue weighted by molar-refractivity contribution is -0.159. The van der Waals surface area contributed by atoms with Crippen molar-refractivity contribution in [3.8, 4) is 0 Å².